The first kappa shape index (κ1) is 11.4. The van der Waals surface area contributed by atoms with E-state index in [4.69, 9.17) is 0 Å². The Bertz CT molecular complexity index is 497. The third-order valence-corrected chi connectivity index (χ3v) is 4.64. The van der Waals surface area contributed by atoms with Crippen molar-refractivity contribution >= 4 is 15.5 Å². The van der Waals surface area contributed by atoms with Gasteiger partial charge in [-0.15, -0.1) is 0 Å². The molecule has 88 valence electrons. The minimum absolute atomic E-state index is 0.0522. The fourth-order valence-corrected chi connectivity index (χ4v) is 3.77. The topological polar surface area (TPSA) is 58.2 Å². The Morgan fingerprint density at radius 1 is 1.50 bits per heavy atom. The number of likely N-dealkylation sites (N-methyl/N-ethyl adjacent to an activating group) is 1. The second-order valence-corrected chi connectivity index (χ2v) is 6.13. The van der Waals surface area contributed by atoms with Crippen molar-refractivity contribution in [2.75, 3.05) is 24.7 Å². The highest BCUT2D eigenvalue weighted by atomic mass is 32.2. The van der Waals surface area contributed by atoms with Gasteiger partial charge in [0, 0.05) is 6.54 Å². The summed E-state index contributed by atoms with van der Waals surface area (Å²) in [6.45, 7) is 2.57. The van der Waals surface area contributed by atoms with Gasteiger partial charge in [0.2, 0.25) is 0 Å². The summed E-state index contributed by atoms with van der Waals surface area (Å²) in [5.41, 5.74) is 1.73. The van der Waals surface area contributed by atoms with Crippen molar-refractivity contribution < 1.29 is 8.42 Å². The molecule has 16 heavy (non-hydrogen) atoms. The zero-order valence-electron chi connectivity index (χ0n) is 9.45. The number of para-hydroxylation sites is 1. The van der Waals surface area contributed by atoms with Crippen LogP contribution in [0.25, 0.3) is 0 Å². The van der Waals surface area contributed by atoms with Gasteiger partial charge in [0.1, 0.15) is 0 Å². The summed E-state index contributed by atoms with van der Waals surface area (Å²) < 4.78 is 24.1. The standard InChI is InChI=1S/C11H16N2O2S/c1-8-4-3-5-10-11(8)13-9(6-12-2)7-16(10,14)15/h3-5,9,12-13H,6-7H2,1-2H3. The molecule has 2 N–H and O–H groups in total. The van der Waals surface area contributed by atoms with Crippen LogP contribution in [0.1, 0.15) is 5.56 Å². The van der Waals surface area contributed by atoms with Gasteiger partial charge in [0.05, 0.1) is 22.4 Å². The highest BCUT2D eigenvalue weighted by Gasteiger charge is 2.30. The lowest BCUT2D eigenvalue weighted by Gasteiger charge is -2.28. The van der Waals surface area contributed by atoms with Crippen LogP contribution in [0.3, 0.4) is 0 Å². The highest BCUT2D eigenvalue weighted by Crippen LogP contribution is 2.30. The van der Waals surface area contributed by atoms with E-state index in [0.717, 1.165) is 11.3 Å². The van der Waals surface area contributed by atoms with Gasteiger partial charge >= 0.3 is 0 Å². The molecule has 1 unspecified atom stereocenters. The Kier molecular flexibility index (Phi) is 2.90. The van der Waals surface area contributed by atoms with E-state index in [0.29, 0.717) is 11.4 Å². The van der Waals surface area contributed by atoms with E-state index in [1.54, 1.807) is 12.1 Å². The molecule has 1 aromatic carbocycles. The molecular formula is C11H16N2O2S. The fraction of sp³-hybridized carbons (Fsp3) is 0.455. The van der Waals surface area contributed by atoms with Crippen LogP contribution < -0.4 is 10.6 Å². The molecule has 1 aliphatic heterocycles. The zero-order valence-corrected chi connectivity index (χ0v) is 10.3. The Labute approximate surface area is 96.0 Å². The lowest BCUT2D eigenvalue weighted by molar-refractivity contribution is 0.580. The predicted octanol–water partition coefficient (Wildman–Crippen LogP) is 0.782. The molecule has 0 fully saturated rings. The van der Waals surface area contributed by atoms with Crippen molar-refractivity contribution in [1.82, 2.24) is 5.32 Å². The minimum Gasteiger partial charge on any atom is -0.379 e. The molecule has 1 aromatic rings. The average molecular weight is 240 g/mol. The van der Waals surface area contributed by atoms with Crippen LogP contribution in [0.2, 0.25) is 0 Å². The number of rotatable bonds is 2. The van der Waals surface area contributed by atoms with Crippen LogP contribution >= 0.6 is 0 Å². The number of fused-ring (bicyclic) bond motifs is 1. The molecule has 0 spiro atoms. The molecular weight excluding hydrogens is 224 g/mol. The Hall–Kier alpha value is -1.07. The summed E-state index contributed by atoms with van der Waals surface area (Å²) in [5.74, 6) is 0.157. The molecule has 0 radical (unpaired) electrons. The summed E-state index contributed by atoms with van der Waals surface area (Å²) in [6.07, 6.45) is 0. The van der Waals surface area contributed by atoms with Gasteiger partial charge in [0.15, 0.2) is 9.84 Å². The Balaban J connectivity index is 2.48. The third kappa shape index (κ3) is 1.92. The first-order valence-electron chi connectivity index (χ1n) is 5.28. The van der Waals surface area contributed by atoms with Crippen molar-refractivity contribution in [3.63, 3.8) is 0 Å². The number of hydrogen-bond donors (Lipinski definition) is 2. The van der Waals surface area contributed by atoms with Crippen LogP contribution in [0.5, 0.6) is 0 Å². The molecule has 4 nitrogen and oxygen atoms in total. The van der Waals surface area contributed by atoms with Gasteiger partial charge < -0.3 is 10.6 Å². The molecule has 1 aliphatic rings. The molecule has 0 aromatic heterocycles. The first-order valence-corrected chi connectivity index (χ1v) is 6.93. The van der Waals surface area contributed by atoms with Crippen molar-refractivity contribution in [1.29, 1.82) is 0 Å². The van der Waals surface area contributed by atoms with E-state index in [9.17, 15) is 8.42 Å². The van der Waals surface area contributed by atoms with Crippen LogP contribution in [0, 0.1) is 6.92 Å². The molecule has 2 rings (SSSR count). The molecule has 0 aliphatic carbocycles. The van der Waals surface area contributed by atoms with Gasteiger partial charge in [-0.2, -0.15) is 0 Å². The lowest BCUT2D eigenvalue weighted by Crippen LogP contribution is -2.41. The van der Waals surface area contributed by atoms with E-state index in [2.05, 4.69) is 10.6 Å². The van der Waals surface area contributed by atoms with Crippen molar-refractivity contribution in [3.8, 4) is 0 Å². The number of hydrogen-bond acceptors (Lipinski definition) is 4. The third-order valence-electron chi connectivity index (χ3n) is 2.79. The van der Waals surface area contributed by atoms with E-state index >= 15 is 0 Å². The maximum absolute atomic E-state index is 12.0. The summed E-state index contributed by atoms with van der Waals surface area (Å²) in [7, 11) is -1.32. The Morgan fingerprint density at radius 2 is 2.25 bits per heavy atom. The van der Waals surface area contributed by atoms with Crippen LogP contribution in [-0.2, 0) is 9.84 Å². The maximum Gasteiger partial charge on any atom is 0.182 e. The van der Waals surface area contributed by atoms with Gasteiger partial charge in [-0.25, -0.2) is 8.42 Å². The van der Waals surface area contributed by atoms with Crippen molar-refractivity contribution in [3.05, 3.63) is 23.8 Å². The number of aryl methyl sites for hydroxylation is 1. The molecule has 0 saturated heterocycles. The largest absolute Gasteiger partial charge is 0.379 e. The van der Waals surface area contributed by atoms with Gasteiger partial charge in [0.25, 0.3) is 0 Å². The smallest absolute Gasteiger partial charge is 0.182 e. The van der Waals surface area contributed by atoms with Crippen molar-refractivity contribution in [2.45, 2.75) is 17.9 Å². The SMILES string of the molecule is CNCC1CS(=O)(=O)c2cccc(C)c2N1. The molecule has 5 heteroatoms. The molecule has 0 amide bonds. The molecule has 0 bridgehead atoms. The number of sulfone groups is 1. The normalized spacial score (nSPS) is 22.2. The van der Waals surface area contributed by atoms with E-state index in [1.807, 2.05) is 20.0 Å². The van der Waals surface area contributed by atoms with Crippen LogP contribution in [-0.4, -0.2) is 33.8 Å². The quantitative estimate of drug-likeness (QED) is 0.802. The van der Waals surface area contributed by atoms with Crippen LogP contribution in [0.4, 0.5) is 5.69 Å². The summed E-state index contributed by atoms with van der Waals surface area (Å²) in [6, 6.07) is 5.32. The van der Waals surface area contributed by atoms with Gasteiger partial charge in [-0.3, -0.25) is 0 Å². The second-order valence-electron chi connectivity index (χ2n) is 4.13. The molecule has 1 heterocycles. The average Bonchev–Trinajstić information content (AvgIpc) is 2.19. The maximum atomic E-state index is 12.0. The summed E-state index contributed by atoms with van der Waals surface area (Å²) >= 11 is 0. The molecule has 0 saturated carbocycles. The number of benzene rings is 1. The second kappa shape index (κ2) is 4.07. The van der Waals surface area contributed by atoms with E-state index < -0.39 is 9.84 Å². The van der Waals surface area contributed by atoms with Gasteiger partial charge in [-0.05, 0) is 25.6 Å². The Morgan fingerprint density at radius 3 is 2.94 bits per heavy atom. The zero-order chi connectivity index (χ0) is 11.8. The lowest BCUT2D eigenvalue weighted by atomic mass is 10.1. The number of anilines is 1. The van der Waals surface area contributed by atoms with E-state index in [-0.39, 0.29) is 11.8 Å². The summed E-state index contributed by atoms with van der Waals surface area (Å²) in [5, 5.41) is 6.28. The summed E-state index contributed by atoms with van der Waals surface area (Å²) in [4.78, 5) is 0.430. The van der Waals surface area contributed by atoms with Crippen molar-refractivity contribution in [2.24, 2.45) is 0 Å². The molecule has 1 atom stereocenters. The predicted molar refractivity (Wildman–Crippen MR) is 64.6 cm³/mol. The van der Waals surface area contributed by atoms with Crippen LogP contribution in [0.15, 0.2) is 23.1 Å². The van der Waals surface area contributed by atoms with Gasteiger partial charge in [-0.1, -0.05) is 12.1 Å². The highest BCUT2D eigenvalue weighted by molar-refractivity contribution is 7.91. The van der Waals surface area contributed by atoms with E-state index in [1.165, 1.54) is 0 Å². The number of nitrogens with one attached hydrogen (secondary N) is 2. The fourth-order valence-electron chi connectivity index (χ4n) is 2.04. The minimum atomic E-state index is -3.14. The first-order chi connectivity index (χ1) is 7.54. The monoisotopic (exact) mass is 240 g/mol.